The zero-order valence-electron chi connectivity index (χ0n) is 8.75. The summed E-state index contributed by atoms with van der Waals surface area (Å²) < 4.78 is 0. The van der Waals surface area contributed by atoms with Crippen LogP contribution in [-0.2, 0) is 9.63 Å². The molecule has 0 aromatic heterocycles. The minimum absolute atomic E-state index is 0.195. The maximum atomic E-state index is 11.5. The summed E-state index contributed by atoms with van der Waals surface area (Å²) in [6.07, 6.45) is 1.44. The van der Waals surface area contributed by atoms with Crippen LogP contribution in [-0.4, -0.2) is 24.9 Å². The van der Waals surface area contributed by atoms with E-state index in [2.05, 4.69) is 20.5 Å². The highest BCUT2D eigenvalue weighted by molar-refractivity contribution is 6.24. The van der Waals surface area contributed by atoms with Gasteiger partial charge in [-0.05, 0) is 5.56 Å². The second-order valence-corrected chi connectivity index (χ2v) is 3.25. The molecule has 5 nitrogen and oxygen atoms in total. The molecule has 5 heteroatoms. The van der Waals surface area contributed by atoms with E-state index in [1.54, 1.807) is 0 Å². The first kappa shape index (κ1) is 10.4. The molecule has 0 fully saturated rings. The van der Waals surface area contributed by atoms with Crippen molar-refractivity contribution in [1.29, 1.82) is 0 Å². The average molecular weight is 217 g/mol. The van der Waals surface area contributed by atoms with Gasteiger partial charge in [0.1, 0.15) is 13.0 Å². The van der Waals surface area contributed by atoms with Crippen LogP contribution in [0.15, 0.2) is 40.6 Å². The first-order valence-electron chi connectivity index (χ1n) is 4.82. The van der Waals surface area contributed by atoms with Gasteiger partial charge in [-0.25, -0.2) is 5.43 Å². The van der Waals surface area contributed by atoms with Crippen molar-refractivity contribution in [1.82, 2.24) is 5.43 Å². The highest BCUT2D eigenvalue weighted by Gasteiger charge is 2.29. The van der Waals surface area contributed by atoms with Crippen LogP contribution >= 0.6 is 0 Å². The molecule has 1 heterocycles. The third-order valence-electron chi connectivity index (χ3n) is 2.25. The van der Waals surface area contributed by atoms with Crippen LogP contribution in [0.4, 0.5) is 0 Å². The normalized spacial score (nSPS) is 19.7. The Balaban J connectivity index is 2.27. The Morgan fingerprint density at radius 3 is 2.88 bits per heavy atom. The van der Waals surface area contributed by atoms with E-state index in [0.29, 0.717) is 5.71 Å². The van der Waals surface area contributed by atoms with E-state index in [0.717, 1.165) is 5.56 Å². The fourth-order valence-electron chi connectivity index (χ4n) is 1.49. The Labute approximate surface area is 92.8 Å². The number of nitrogens with zero attached hydrogens (tertiary/aromatic N) is 2. The monoisotopic (exact) mass is 217 g/mol. The number of carbonyl (C=O) groups is 1. The number of carbonyl (C=O) groups excluding carboxylic acids is 1. The summed E-state index contributed by atoms with van der Waals surface area (Å²) in [5.74, 6) is -0.679. The lowest BCUT2D eigenvalue weighted by atomic mass is 9.98. The minimum Gasteiger partial charge on any atom is -0.399 e. The summed E-state index contributed by atoms with van der Waals surface area (Å²) in [6, 6.07) is 9.49. The molecule has 1 aromatic rings. The van der Waals surface area contributed by atoms with E-state index >= 15 is 0 Å². The van der Waals surface area contributed by atoms with Crippen LogP contribution in [0.5, 0.6) is 0 Å². The molecule has 1 N–H and O–H groups in total. The zero-order valence-corrected chi connectivity index (χ0v) is 8.75. The van der Waals surface area contributed by atoms with Gasteiger partial charge in [0.25, 0.3) is 5.91 Å². The Hall–Kier alpha value is -2.17. The topological polar surface area (TPSA) is 63.0 Å². The molecular weight excluding hydrogens is 206 g/mol. The molecule has 82 valence electrons. The Kier molecular flexibility index (Phi) is 2.95. The van der Waals surface area contributed by atoms with E-state index in [1.165, 1.54) is 13.3 Å². The summed E-state index contributed by atoms with van der Waals surface area (Å²) >= 11 is 0. The molecule has 0 saturated carbocycles. The Morgan fingerprint density at radius 1 is 1.44 bits per heavy atom. The van der Waals surface area contributed by atoms with Crippen LogP contribution in [0.25, 0.3) is 0 Å². The number of benzene rings is 1. The number of hydrogen-bond donors (Lipinski definition) is 1. The lowest BCUT2D eigenvalue weighted by molar-refractivity contribution is -0.120. The van der Waals surface area contributed by atoms with Crippen molar-refractivity contribution >= 4 is 17.8 Å². The highest BCUT2D eigenvalue weighted by atomic mass is 16.6. The van der Waals surface area contributed by atoms with E-state index in [4.69, 9.17) is 0 Å². The fraction of sp³-hybridized carbons (Fsp3) is 0.182. The van der Waals surface area contributed by atoms with Crippen molar-refractivity contribution in [3.63, 3.8) is 0 Å². The molecule has 2 rings (SSSR count). The molecule has 1 aromatic carbocycles. The highest BCUT2D eigenvalue weighted by Crippen LogP contribution is 2.13. The summed E-state index contributed by atoms with van der Waals surface area (Å²) in [5.41, 5.74) is 3.98. The van der Waals surface area contributed by atoms with Crippen LogP contribution < -0.4 is 5.43 Å². The minimum atomic E-state index is -0.484. The van der Waals surface area contributed by atoms with Crippen LogP contribution in [0.3, 0.4) is 0 Å². The summed E-state index contributed by atoms with van der Waals surface area (Å²) in [5, 5.41) is 7.60. The second kappa shape index (κ2) is 4.57. The number of rotatable bonds is 3. The van der Waals surface area contributed by atoms with Gasteiger partial charge in [-0.1, -0.05) is 35.5 Å². The summed E-state index contributed by atoms with van der Waals surface area (Å²) in [7, 11) is 1.43. The van der Waals surface area contributed by atoms with Crippen molar-refractivity contribution in [3.8, 4) is 0 Å². The number of amides is 1. The van der Waals surface area contributed by atoms with Crippen molar-refractivity contribution in [2.45, 2.75) is 0 Å². The maximum absolute atomic E-state index is 11.5. The number of oxime groups is 1. The van der Waals surface area contributed by atoms with Gasteiger partial charge in [-0.15, -0.1) is 0 Å². The van der Waals surface area contributed by atoms with Gasteiger partial charge in [0.15, 0.2) is 0 Å². The predicted molar refractivity (Wildman–Crippen MR) is 60.1 cm³/mol. The van der Waals surface area contributed by atoms with Crippen LogP contribution in [0.2, 0.25) is 0 Å². The summed E-state index contributed by atoms with van der Waals surface area (Å²) in [6.45, 7) is 0. The Morgan fingerprint density at radius 2 is 2.19 bits per heavy atom. The summed E-state index contributed by atoms with van der Waals surface area (Å²) in [4.78, 5) is 16.1. The zero-order chi connectivity index (χ0) is 11.4. The van der Waals surface area contributed by atoms with Crippen LogP contribution in [0, 0.1) is 5.92 Å². The van der Waals surface area contributed by atoms with E-state index in [9.17, 15) is 4.79 Å². The van der Waals surface area contributed by atoms with E-state index in [-0.39, 0.29) is 5.91 Å². The van der Waals surface area contributed by atoms with Gasteiger partial charge in [-0.2, -0.15) is 5.10 Å². The van der Waals surface area contributed by atoms with Gasteiger partial charge < -0.3 is 4.84 Å². The van der Waals surface area contributed by atoms with Crippen LogP contribution in [0.1, 0.15) is 5.56 Å². The van der Waals surface area contributed by atoms with Gasteiger partial charge in [0, 0.05) is 0 Å². The fourth-order valence-corrected chi connectivity index (χ4v) is 1.49. The molecule has 0 bridgehead atoms. The molecular formula is C11H11N3O2. The predicted octanol–water partition coefficient (Wildman–Crippen LogP) is 0.769. The molecule has 0 spiro atoms. The molecule has 0 unspecified atom stereocenters. The molecule has 1 aliphatic heterocycles. The smallest absolute Gasteiger partial charge is 0.254 e. The molecule has 0 aliphatic carbocycles. The first-order valence-corrected chi connectivity index (χ1v) is 4.82. The number of hydrazone groups is 1. The van der Waals surface area contributed by atoms with E-state index in [1.807, 2.05) is 30.3 Å². The van der Waals surface area contributed by atoms with Crippen molar-refractivity contribution < 1.29 is 9.63 Å². The van der Waals surface area contributed by atoms with Gasteiger partial charge >= 0.3 is 0 Å². The largest absolute Gasteiger partial charge is 0.399 e. The SMILES string of the molecule is CO/N=C\[C@H]1C(=O)NN=C1c1ccccc1. The molecule has 1 amide bonds. The van der Waals surface area contributed by atoms with E-state index < -0.39 is 5.92 Å². The quantitative estimate of drug-likeness (QED) is 0.600. The number of nitrogens with one attached hydrogen (secondary N) is 1. The first-order chi connectivity index (χ1) is 7.83. The third kappa shape index (κ3) is 1.93. The Bertz CT molecular complexity index is 440. The number of hydrogen-bond acceptors (Lipinski definition) is 4. The third-order valence-corrected chi connectivity index (χ3v) is 2.25. The molecule has 1 atom stereocenters. The molecule has 16 heavy (non-hydrogen) atoms. The lowest BCUT2D eigenvalue weighted by Gasteiger charge is -2.04. The molecule has 1 aliphatic rings. The molecule has 0 radical (unpaired) electrons. The van der Waals surface area contributed by atoms with Crippen molar-refractivity contribution in [2.24, 2.45) is 16.2 Å². The standard InChI is InChI=1S/C11H11N3O2/c1-16-12-7-9-10(13-14-11(9)15)8-5-3-2-4-6-8/h2-7,9H,1H3,(H,14,15)/b12-7-/t9-/m1/s1. The maximum Gasteiger partial charge on any atom is 0.254 e. The van der Waals surface area contributed by atoms with Gasteiger partial charge in [-0.3, -0.25) is 4.79 Å². The van der Waals surface area contributed by atoms with Crippen molar-refractivity contribution in [2.75, 3.05) is 7.11 Å². The van der Waals surface area contributed by atoms with Gasteiger partial charge in [0.2, 0.25) is 0 Å². The van der Waals surface area contributed by atoms with Gasteiger partial charge in [0.05, 0.1) is 11.9 Å². The average Bonchev–Trinajstić information content (AvgIpc) is 2.69. The molecule has 0 saturated heterocycles. The van der Waals surface area contributed by atoms with Crippen molar-refractivity contribution in [3.05, 3.63) is 35.9 Å². The second-order valence-electron chi connectivity index (χ2n) is 3.25. The lowest BCUT2D eigenvalue weighted by Crippen LogP contribution is -2.24.